The minimum Gasteiger partial charge on any atom is -0.336 e. The van der Waals surface area contributed by atoms with E-state index in [1.165, 1.54) is 24.1 Å². The van der Waals surface area contributed by atoms with Crippen LogP contribution in [-0.4, -0.2) is 72.3 Å². The molecule has 1 saturated carbocycles. The zero-order chi connectivity index (χ0) is 27.9. The number of allylic oxidation sites excluding steroid dienone is 1. The fraction of sp³-hybridized carbons (Fsp3) is 0.412. The van der Waals surface area contributed by atoms with E-state index < -0.39 is 0 Å². The molecule has 40 heavy (non-hydrogen) atoms. The van der Waals surface area contributed by atoms with Gasteiger partial charge in [-0.1, -0.05) is 61.9 Å². The predicted molar refractivity (Wildman–Crippen MR) is 157 cm³/mol. The molecule has 0 spiro atoms. The predicted octanol–water partition coefficient (Wildman–Crippen LogP) is 5.87. The maximum atomic E-state index is 13.6. The van der Waals surface area contributed by atoms with Gasteiger partial charge in [0.2, 0.25) is 0 Å². The van der Waals surface area contributed by atoms with E-state index in [1.54, 1.807) is 12.1 Å². The number of rotatable bonds is 7. The van der Waals surface area contributed by atoms with Crippen LogP contribution in [0.1, 0.15) is 47.4 Å². The third-order valence-corrected chi connectivity index (χ3v) is 9.70. The Morgan fingerprint density at radius 2 is 1.68 bits per heavy atom. The first-order valence-corrected chi connectivity index (χ1v) is 14.5. The van der Waals surface area contributed by atoms with Crippen molar-refractivity contribution in [2.45, 2.75) is 26.7 Å². The average molecular weight is 540 g/mol. The van der Waals surface area contributed by atoms with Crippen molar-refractivity contribution in [1.29, 1.82) is 0 Å². The second kappa shape index (κ2) is 10.8. The monoisotopic (exact) mass is 539 g/mol. The van der Waals surface area contributed by atoms with Gasteiger partial charge in [0.25, 0.3) is 11.8 Å². The molecule has 4 aliphatic rings. The average Bonchev–Trinajstić information content (AvgIpc) is 2.99. The molecule has 2 bridgehead atoms. The van der Waals surface area contributed by atoms with Gasteiger partial charge in [-0.05, 0) is 71.2 Å². The number of fused-ring (bicyclic) bond motifs is 2. The number of amides is 2. The summed E-state index contributed by atoms with van der Waals surface area (Å²) in [5.74, 6) is 0.963. The highest BCUT2D eigenvalue weighted by Gasteiger charge is 2.51. The van der Waals surface area contributed by atoms with E-state index in [0.29, 0.717) is 43.1 Å². The van der Waals surface area contributed by atoms with Crippen molar-refractivity contribution in [3.63, 3.8) is 0 Å². The highest BCUT2D eigenvalue weighted by molar-refractivity contribution is 6.07. The Bertz CT molecular complexity index is 1430. The summed E-state index contributed by atoms with van der Waals surface area (Å²) in [5.41, 5.74) is 2.94. The first kappa shape index (κ1) is 26.7. The summed E-state index contributed by atoms with van der Waals surface area (Å²) in [6.45, 7) is 9.54. The number of halogens is 1. The standard InChI is InChI=1S/C34H38FN3O2/c1-34(2)27-13-10-26(31(34)22-27)23-38(32(39)25-11-14-28(35)15-12-25)21-18-36-16-19-37(20-17-36)33(40)30-9-5-7-24-6-3-4-8-29(24)30/h3-12,14-15,27,31H,13,16-23H2,1-2H3. The van der Waals surface area contributed by atoms with Crippen LogP contribution in [-0.2, 0) is 0 Å². The van der Waals surface area contributed by atoms with E-state index in [4.69, 9.17) is 0 Å². The quantitative estimate of drug-likeness (QED) is 0.353. The van der Waals surface area contributed by atoms with Crippen LogP contribution in [0.2, 0.25) is 0 Å². The lowest BCUT2D eigenvalue weighted by molar-refractivity contribution is -0.0105. The Labute approximate surface area is 236 Å². The summed E-state index contributed by atoms with van der Waals surface area (Å²) in [6.07, 6.45) is 4.65. The highest BCUT2D eigenvalue weighted by atomic mass is 19.1. The van der Waals surface area contributed by atoms with Crippen molar-refractivity contribution in [2.24, 2.45) is 17.3 Å². The molecule has 2 amide bonds. The van der Waals surface area contributed by atoms with Gasteiger partial charge in [0, 0.05) is 56.9 Å². The number of carbonyl (C=O) groups is 2. The summed E-state index contributed by atoms with van der Waals surface area (Å²) in [4.78, 5) is 33.2. The molecule has 6 heteroatoms. The third-order valence-electron chi connectivity index (χ3n) is 9.70. The van der Waals surface area contributed by atoms with Gasteiger partial charge in [0.1, 0.15) is 5.82 Å². The summed E-state index contributed by atoms with van der Waals surface area (Å²) in [7, 11) is 0. The molecule has 2 atom stereocenters. The fourth-order valence-corrected chi connectivity index (χ4v) is 6.92. The minimum absolute atomic E-state index is 0.0510. The van der Waals surface area contributed by atoms with E-state index in [0.717, 1.165) is 48.3 Å². The highest BCUT2D eigenvalue weighted by Crippen LogP contribution is 2.59. The van der Waals surface area contributed by atoms with Gasteiger partial charge in [-0.3, -0.25) is 14.5 Å². The van der Waals surface area contributed by atoms with Gasteiger partial charge in [0.15, 0.2) is 0 Å². The van der Waals surface area contributed by atoms with Gasteiger partial charge in [-0.2, -0.15) is 0 Å². The molecule has 0 N–H and O–H groups in total. The van der Waals surface area contributed by atoms with E-state index in [-0.39, 0.29) is 17.6 Å². The molecule has 1 saturated heterocycles. The van der Waals surface area contributed by atoms with Crippen molar-refractivity contribution in [2.75, 3.05) is 45.8 Å². The Balaban J connectivity index is 1.10. The van der Waals surface area contributed by atoms with E-state index in [1.807, 2.05) is 52.3 Å². The van der Waals surface area contributed by atoms with E-state index in [2.05, 4.69) is 24.8 Å². The number of carbonyl (C=O) groups excluding carboxylic acids is 2. The van der Waals surface area contributed by atoms with Crippen molar-refractivity contribution >= 4 is 22.6 Å². The van der Waals surface area contributed by atoms with Crippen LogP contribution in [0.3, 0.4) is 0 Å². The number of hydrogen-bond acceptors (Lipinski definition) is 3. The van der Waals surface area contributed by atoms with Gasteiger partial charge in [0.05, 0.1) is 0 Å². The number of benzene rings is 3. The molecule has 3 aliphatic carbocycles. The molecule has 1 heterocycles. The molecule has 7 rings (SSSR count). The molecule has 208 valence electrons. The molecule has 0 aromatic heterocycles. The summed E-state index contributed by atoms with van der Waals surface area (Å²) >= 11 is 0. The van der Waals surface area contributed by atoms with Crippen molar-refractivity contribution in [3.8, 4) is 0 Å². The molecule has 2 unspecified atom stereocenters. The van der Waals surface area contributed by atoms with Gasteiger partial charge in [-0.15, -0.1) is 0 Å². The lowest BCUT2D eigenvalue weighted by atomic mass is 9.49. The maximum Gasteiger partial charge on any atom is 0.254 e. The van der Waals surface area contributed by atoms with Gasteiger partial charge >= 0.3 is 0 Å². The second-order valence-corrected chi connectivity index (χ2v) is 12.2. The first-order valence-electron chi connectivity index (χ1n) is 14.5. The summed E-state index contributed by atoms with van der Waals surface area (Å²) in [5, 5.41) is 2.07. The van der Waals surface area contributed by atoms with Crippen LogP contribution in [0.15, 0.2) is 78.4 Å². The minimum atomic E-state index is -0.337. The molecule has 0 radical (unpaired) electrons. The first-order chi connectivity index (χ1) is 19.3. The van der Waals surface area contributed by atoms with Gasteiger partial charge < -0.3 is 9.80 Å². The normalized spacial score (nSPS) is 22.0. The van der Waals surface area contributed by atoms with Crippen LogP contribution < -0.4 is 0 Å². The van der Waals surface area contributed by atoms with Crippen molar-refractivity contribution in [1.82, 2.24) is 14.7 Å². The molecular formula is C34H38FN3O2. The molecule has 3 aromatic carbocycles. The topological polar surface area (TPSA) is 43.9 Å². The Morgan fingerprint density at radius 3 is 2.40 bits per heavy atom. The lowest BCUT2D eigenvalue weighted by Gasteiger charge is -2.57. The number of piperazine rings is 1. The largest absolute Gasteiger partial charge is 0.336 e. The van der Waals surface area contributed by atoms with E-state index in [9.17, 15) is 14.0 Å². The Kier molecular flexibility index (Phi) is 7.22. The third kappa shape index (κ3) is 5.05. The van der Waals surface area contributed by atoms with E-state index >= 15 is 0 Å². The molecule has 2 fully saturated rings. The number of nitrogens with zero attached hydrogens (tertiary/aromatic N) is 3. The lowest BCUT2D eigenvalue weighted by Crippen LogP contribution is -2.52. The zero-order valence-corrected chi connectivity index (χ0v) is 23.5. The number of hydrogen-bond donors (Lipinski definition) is 0. The molecule has 5 nitrogen and oxygen atoms in total. The SMILES string of the molecule is CC1(C)C2CC=C(CN(CCN3CCN(C(=O)c4cccc5ccccc45)CC3)C(=O)c3ccc(F)cc3)C1C2. The van der Waals surface area contributed by atoms with Crippen LogP contribution in [0.4, 0.5) is 4.39 Å². The maximum absolute atomic E-state index is 13.6. The van der Waals surface area contributed by atoms with Crippen LogP contribution in [0.5, 0.6) is 0 Å². The van der Waals surface area contributed by atoms with Gasteiger partial charge in [-0.25, -0.2) is 4.39 Å². The van der Waals surface area contributed by atoms with Crippen LogP contribution in [0, 0.1) is 23.1 Å². The second-order valence-electron chi connectivity index (χ2n) is 12.2. The smallest absolute Gasteiger partial charge is 0.254 e. The Morgan fingerprint density at radius 1 is 0.950 bits per heavy atom. The van der Waals surface area contributed by atoms with Crippen molar-refractivity contribution in [3.05, 3.63) is 95.3 Å². The molecular weight excluding hydrogens is 501 g/mol. The summed E-state index contributed by atoms with van der Waals surface area (Å²) in [6, 6.07) is 19.8. The zero-order valence-electron chi connectivity index (χ0n) is 23.5. The molecule has 3 aromatic rings. The fourth-order valence-electron chi connectivity index (χ4n) is 6.92. The van der Waals surface area contributed by atoms with Crippen LogP contribution in [0.25, 0.3) is 10.8 Å². The molecule has 1 aliphatic heterocycles. The van der Waals surface area contributed by atoms with Crippen LogP contribution >= 0.6 is 0 Å². The summed E-state index contributed by atoms with van der Waals surface area (Å²) < 4.78 is 13.6. The van der Waals surface area contributed by atoms with Crippen molar-refractivity contribution < 1.29 is 14.0 Å². The Hall–Kier alpha value is -3.51.